The van der Waals surface area contributed by atoms with E-state index in [9.17, 15) is 4.79 Å². The fourth-order valence-electron chi connectivity index (χ4n) is 3.50. The van der Waals surface area contributed by atoms with Crippen LogP contribution in [0.2, 0.25) is 5.02 Å². The molecule has 3 rings (SSSR count). The van der Waals surface area contributed by atoms with Crippen LogP contribution >= 0.6 is 11.6 Å². The SMILES string of the molecule is COc1ccccc1N1CCN(CCCNC(=O)Nc2cc(Cl)ccc2C)CC1. The number of amides is 2. The predicted octanol–water partition coefficient (Wildman–Crippen LogP) is 3.99. The molecule has 1 aliphatic heterocycles. The van der Waals surface area contributed by atoms with E-state index in [4.69, 9.17) is 16.3 Å². The summed E-state index contributed by atoms with van der Waals surface area (Å²) in [5.74, 6) is 0.922. The molecule has 0 unspecified atom stereocenters. The van der Waals surface area contributed by atoms with Gasteiger partial charge in [0.1, 0.15) is 5.75 Å². The number of piperazine rings is 1. The smallest absolute Gasteiger partial charge is 0.319 e. The van der Waals surface area contributed by atoms with Crippen LogP contribution in [-0.2, 0) is 0 Å². The normalized spacial score (nSPS) is 14.5. The van der Waals surface area contributed by atoms with Gasteiger partial charge in [0.25, 0.3) is 0 Å². The van der Waals surface area contributed by atoms with Gasteiger partial charge >= 0.3 is 6.03 Å². The number of urea groups is 1. The molecule has 1 aliphatic rings. The molecule has 2 aromatic rings. The van der Waals surface area contributed by atoms with Gasteiger partial charge in [-0.2, -0.15) is 0 Å². The summed E-state index contributed by atoms with van der Waals surface area (Å²) in [6.07, 6.45) is 0.913. The Bertz CT molecular complexity index is 822. The molecular weight excluding hydrogens is 388 g/mol. The van der Waals surface area contributed by atoms with Gasteiger partial charge in [-0.3, -0.25) is 4.90 Å². The average Bonchev–Trinajstić information content (AvgIpc) is 2.74. The number of nitrogens with one attached hydrogen (secondary N) is 2. The highest BCUT2D eigenvalue weighted by Crippen LogP contribution is 2.28. The van der Waals surface area contributed by atoms with E-state index in [0.717, 1.165) is 61.8 Å². The van der Waals surface area contributed by atoms with Crippen molar-refractivity contribution in [2.24, 2.45) is 0 Å². The predicted molar refractivity (Wildman–Crippen MR) is 119 cm³/mol. The lowest BCUT2D eigenvalue weighted by molar-refractivity contribution is 0.244. The standard InChI is InChI=1S/C22H29ClN4O2/c1-17-8-9-18(23)16-19(17)25-22(28)24-10-5-11-26-12-14-27(15-13-26)20-6-3-4-7-21(20)29-2/h3-4,6-9,16H,5,10-15H2,1-2H3,(H2,24,25,28). The minimum atomic E-state index is -0.198. The molecule has 0 radical (unpaired) electrons. The lowest BCUT2D eigenvalue weighted by Gasteiger charge is -2.36. The first-order valence-corrected chi connectivity index (χ1v) is 10.4. The number of aryl methyl sites for hydroxylation is 1. The number of nitrogens with zero attached hydrogens (tertiary/aromatic N) is 2. The second kappa shape index (κ2) is 10.4. The highest BCUT2D eigenvalue weighted by atomic mass is 35.5. The maximum Gasteiger partial charge on any atom is 0.319 e. The fourth-order valence-corrected chi connectivity index (χ4v) is 3.68. The zero-order valence-electron chi connectivity index (χ0n) is 17.1. The van der Waals surface area contributed by atoms with Crippen LogP contribution in [0.4, 0.5) is 16.2 Å². The number of carbonyl (C=O) groups is 1. The Morgan fingerprint density at radius 1 is 1.14 bits per heavy atom. The lowest BCUT2D eigenvalue weighted by atomic mass is 10.2. The number of hydrogen-bond donors (Lipinski definition) is 2. The molecule has 0 atom stereocenters. The molecule has 7 heteroatoms. The van der Waals surface area contributed by atoms with Crippen molar-refractivity contribution < 1.29 is 9.53 Å². The van der Waals surface area contributed by atoms with E-state index in [1.54, 1.807) is 13.2 Å². The van der Waals surface area contributed by atoms with Crippen LogP contribution in [0, 0.1) is 6.92 Å². The first kappa shape index (κ1) is 21.3. The van der Waals surface area contributed by atoms with Crippen LogP contribution < -0.4 is 20.3 Å². The molecule has 0 bridgehead atoms. The van der Waals surface area contributed by atoms with Gasteiger partial charge in [0, 0.05) is 43.4 Å². The fraction of sp³-hybridized carbons (Fsp3) is 0.409. The summed E-state index contributed by atoms with van der Waals surface area (Å²) in [5.41, 5.74) is 2.88. The minimum absolute atomic E-state index is 0.198. The molecule has 0 aliphatic carbocycles. The number of anilines is 2. The van der Waals surface area contributed by atoms with Crippen molar-refractivity contribution in [2.75, 3.05) is 56.6 Å². The average molecular weight is 417 g/mol. The van der Waals surface area contributed by atoms with E-state index in [0.29, 0.717) is 11.6 Å². The first-order valence-electron chi connectivity index (χ1n) is 9.98. The monoisotopic (exact) mass is 416 g/mol. The number of carbonyl (C=O) groups excluding carboxylic acids is 1. The molecule has 6 nitrogen and oxygen atoms in total. The maximum absolute atomic E-state index is 12.1. The lowest BCUT2D eigenvalue weighted by Crippen LogP contribution is -2.47. The summed E-state index contributed by atoms with van der Waals surface area (Å²) in [5, 5.41) is 6.39. The zero-order chi connectivity index (χ0) is 20.6. The summed E-state index contributed by atoms with van der Waals surface area (Å²) in [7, 11) is 1.71. The minimum Gasteiger partial charge on any atom is -0.495 e. The Kier molecular flexibility index (Phi) is 7.61. The maximum atomic E-state index is 12.1. The highest BCUT2D eigenvalue weighted by molar-refractivity contribution is 6.31. The van der Waals surface area contributed by atoms with Gasteiger partial charge in [-0.1, -0.05) is 29.8 Å². The summed E-state index contributed by atoms with van der Waals surface area (Å²) < 4.78 is 5.47. The van der Waals surface area contributed by atoms with Gasteiger partial charge in [0.05, 0.1) is 12.8 Å². The molecule has 1 saturated heterocycles. The van der Waals surface area contributed by atoms with Crippen molar-refractivity contribution in [2.45, 2.75) is 13.3 Å². The molecular formula is C22H29ClN4O2. The van der Waals surface area contributed by atoms with Gasteiger partial charge < -0.3 is 20.3 Å². The molecule has 0 aromatic heterocycles. The van der Waals surface area contributed by atoms with Gasteiger partial charge in [0.2, 0.25) is 0 Å². The van der Waals surface area contributed by atoms with E-state index in [2.05, 4.69) is 26.5 Å². The molecule has 29 heavy (non-hydrogen) atoms. The third-order valence-corrected chi connectivity index (χ3v) is 5.42. The number of benzene rings is 2. The van der Waals surface area contributed by atoms with E-state index in [1.807, 2.05) is 37.3 Å². The van der Waals surface area contributed by atoms with Gasteiger partial charge in [-0.15, -0.1) is 0 Å². The van der Waals surface area contributed by atoms with E-state index < -0.39 is 0 Å². The highest BCUT2D eigenvalue weighted by Gasteiger charge is 2.19. The Morgan fingerprint density at radius 3 is 2.66 bits per heavy atom. The van der Waals surface area contributed by atoms with Crippen LogP contribution in [0.15, 0.2) is 42.5 Å². The first-order chi connectivity index (χ1) is 14.1. The summed E-state index contributed by atoms with van der Waals surface area (Å²) >= 11 is 5.99. The zero-order valence-corrected chi connectivity index (χ0v) is 17.8. The van der Waals surface area contributed by atoms with Crippen molar-refractivity contribution in [3.63, 3.8) is 0 Å². The molecule has 1 fully saturated rings. The Balaban J connectivity index is 1.36. The number of halogens is 1. The van der Waals surface area contributed by atoms with Crippen molar-refractivity contribution in [3.05, 3.63) is 53.1 Å². The van der Waals surface area contributed by atoms with Crippen molar-refractivity contribution in [1.29, 1.82) is 0 Å². The van der Waals surface area contributed by atoms with Crippen molar-refractivity contribution in [1.82, 2.24) is 10.2 Å². The molecule has 0 saturated carbocycles. The van der Waals surface area contributed by atoms with Crippen LogP contribution in [0.1, 0.15) is 12.0 Å². The Morgan fingerprint density at radius 2 is 1.90 bits per heavy atom. The summed E-state index contributed by atoms with van der Waals surface area (Å²) in [4.78, 5) is 16.9. The van der Waals surface area contributed by atoms with E-state index in [-0.39, 0.29) is 6.03 Å². The van der Waals surface area contributed by atoms with Crippen LogP contribution in [-0.4, -0.2) is 57.3 Å². The molecule has 2 N–H and O–H groups in total. The van der Waals surface area contributed by atoms with Gasteiger partial charge in [0.15, 0.2) is 0 Å². The second-order valence-corrected chi connectivity index (χ2v) is 7.63. The van der Waals surface area contributed by atoms with E-state index >= 15 is 0 Å². The van der Waals surface area contributed by atoms with Crippen molar-refractivity contribution in [3.8, 4) is 5.75 Å². The van der Waals surface area contributed by atoms with Crippen LogP contribution in [0.3, 0.4) is 0 Å². The molecule has 2 amide bonds. The van der Waals surface area contributed by atoms with E-state index in [1.165, 1.54) is 0 Å². The number of methoxy groups -OCH3 is 1. The molecule has 156 valence electrons. The van der Waals surface area contributed by atoms with Gasteiger partial charge in [-0.05, 0) is 49.7 Å². The largest absolute Gasteiger partial charge is 0.495 e. The summed E-state index contributed by atoms with van der Waals surface area (Å²) in [6.45, 7) is 7.51. The molecule has 1 heterocycles. The van der Waals surface area contributed by atoms with Crippen LogP contribution in [0.25, 0.3) is 0 Å². The third kappa shape index (κ3) is 6.02. The molecule has 0 spiro atoms. The topological polar surface area (TPSA) is 56.8 Å². The number of ether oxygens (including phenoxy) is 1. The number of para-hydroxylation sites is 2. The number of hydrogen-bond acceptors (Lipinski definition) is 4. The Hall–Kier alpha value is -2.44. The molecule has 2 aromatic carbocycles. The third-order valence-electron chi connectivity index (χ3n) is 5.18. The Labute approximate surface area is 177 Å². The summed E-state index contributed by atoms with van der Waals surface area (Å²) in [6, 6.07) is 13.4. The number of rotatable bonds is 7. The van der Waals surface area contributed by atoms with Crippen LogP contribution in [0.5, 0.6) is 5.75 Å². The second-order valence-electron chi connectivity index (χ2n) is 7.19. The quantitative estimate of drug-likeness (QED) is 0.670. The van der Waals surface area contributed by atoms with Crippen molar-refractivity contribution >= 4 is 29.0 Å². The van der Waals surface area contributed by atoms with Gasteiger partial charge in [-0.25, -0.2) is 4.79 Å².